The van der Waals surface area contributed by atoms with Crippen molar-refractivity contribution in [1.82, 2.24) is 15.0 Å². The third-order valence-corrected chi connectivity index (χ3v) is 8.12. The highest BCUT2D eigenvalue weighted by molar-refractivity contribution is 7.15. The van der Waals surface area contributed by atoms with Crippen LogP contribution in [0.5, 0.6) is 0 Å². The molecule has 2 aliphatic rings. The van der Waals surface area contributed by atoms with Gasteiger partial charge in [0.25, 0.3) is 0 Å². The fraction of sp³-hybridized carbons (Fsp3) is 0.417. The summed E-state index contributed by atoms with van der Waals surface area (Å²) in [5.41, 5.74) is -0.0141. The summed E-state index contributed by atoms with van der Waals surface area (Å²) in [7, 11) is 0. The van der Waals surface area contributed by atoms with E-state index in [0.29, 0.717) is 23.5 Å². The van der Waals surface area contributed by atoms with Crippen molar-refractivity contribution < 1.29 is 28.2 Å². The lowest BCUT2D eigenvalue weighted by molar-refractivity contribution is -0.150. The van der Waals surface area contributed by atoms with Gasteiger partial charge < -0.3 is 15.5 Å². The molecule has 0 aliphatic heterocycles. The number of aromatic nitrogens is 3. The summed E-state index contributed by atoms with van der Waals surface area (Å²) in [6, 6.07) is 6.27. The molecule has 3 aromatic rings. The molecular formula is C24H23F3N4O3S. The van der Waals surface area contributed by atoms with Crippen LogP contribution in [0.1, 0.15) is 41.9 Å². The summed E-state index contributed by atoms with van der Waals surface area (Å²) in [6.45, 7) is 1.86. The third-order valence-electron chi connectivity index (χ3n) is 6.88. The molecule has 2 saturated carbocycles. The van der Waals surface area contributed by atoms with Crippen LogP contribution < -0.4 is 5.32 Å². The highest BCUT2D eigenvalue weighted by Crippen LogP contribution is 2.54. The number of anilines is 2. The molecule has 2 atom stereocenters. The number of aliphatic hydroxyl groups is 1. The van der Waals surface area contributed by atoms with Gasteiger partial charge in [0.05, 0.1) is 10.8 Å². The van der Waals surface area contributed by atoms with Crippen molar-refractivity contribution in [2.75, 3.05) is 5.32 Å². The van der Waals surface area contributed by atoms with Gasteiger partial charge in [-0.15, -0.1) is 11.3 Å². The number of carboxylic acids is 1. The summed E-state index contributed by atoms with van der Waals surface area (Å²) in [5.74, 6) is -1.49. The molecule has 3 N–H and O–H groups in total. The van der Waals surface area contributed by atoms with Crippen molar-refractivity contribution in [2.24, 2.45) is 17.8 Å². The molecule has 0 spiro atoms. The van der Waals surface area contributed by atoms with E-state index in [0.717, 1.165) is 41.1 Å². The van der Waals surface area contributed by atoms with Gasteiger partial charge in [0.2, 0.25) is 5.95 Å². The molecule has 2 heterocycles. The number of benzene rings is 1. The fourth-order valence-electron chi connectivity index (χ4n) is 5.49. The van der Waals surface area contributed by atoms with Gasteiger partial charge >= 0.3 is 12.1 Å². The molecular weight excluding hydrogens is 481 g/mol. The van der Waals surface area contributed by atoms with Gasteiger partial charge in [-0.2, -0.15) is 13.2 Å². The number of rotatable bonds is 5. The van der Waals surface area contributed by atoms with E-state index in [1.54, 1.807) is 18.3 Å². The number of halogens is 3. The number of carbonyl (C=O) groups is 1. The Labute approximate surface area is 203 Å². The Kier molecular flexibility index (Phi) is 5.79. The van der Waals surface area contributed by atoms with Crippen molar-refractivity contribution in [3.8, 4) is 10.4 Å². The Morgan fingerprint density at radius 3 is 2.54 bits per heavy atom. The standard InChI is InChI=1S/C24H23F3N4O3S/c1-12-6-15(8-16(7-12)30-22-28-5-4-18(31-22)24(25,26)27)17-11-29-21(35-17)23(34)9-13-2-3-14(10-23)19(13)20(32)33/h4-8,11,13-14,19,34H,2-3,9-10H2,1H3,(H,32,33)(H,28,30,31). The molecule has 0 saturated heterocycles. The number of hydrogen-bond acceptors (Lipinski definition) is 7. The van der Waals surface area contributed by atoms with Crippen LogP contribution in [0.3, 0.4) is 0 Å². The maximum absolute atomic E-state index is 13.0. The highest BCUT2D eigenvalue weighted by atomic mass is 32.1. The molecule has 35 heavy (non-hydrogen) atoms. The number of thiazole rings is 1. The van der Waals surface area contributed by atoms with Gasteiger partial charge in [0, 0.05) is 18.1 Å². The Bertz CT molecular complexity index is 1260. The molecule has 11 heteroatoms. The summed E-state index contributed by atoms with van der Waals surface area (Å²) >= 11 is 1.35. The van der Waals surface area contributed by atoms with Crippen LogP contribution >= 0.6 is 11.3 Å². The lowest BCUT2D eigenvalue weighted by Crippen LogP contribution is -2.41. The Morgan fingerprint density at radius 1 is 1.17 bits per heavy atom. The predicted octanol–water partition coefficient (Wildman–Crippen LogP) is 5.38. The molecule has 2 aromatic heterocycles. The van der Waals surface area contributed by atoms with Crippen LogP contribution in [0.4, 0.5) is 24.8 Å². The Balaban J connectivity index is 1.39. The van der Waals surface area contributed by atoms with Gasteiger partial charge in [-0.3, -0.25) is 4.79 Å². The van der Waals surface area contributed by atoms with Crippen LogP contribution in [0.2, 0.25) is 0 Å². The predicted molar refractivity (Wildman–Crippen MR) is 123 cm³/mol. The van der Waals surface area contributed by atoms with Crippen molar-refractivity contribution >= 4 is 28.9 Å². The molecule has 5 rings (SSSR count). The van der Waals surface area contributed by atoms with E-state index in [4.69, 9.17) is 0 Å². The maximum atomic E-state index is 13.0. The normalized spacial score (nSPS) is 26.0. The first-order valence-corrected chi connectivity index (χ1v) is 12.0. The second kappa shape index (κ2) is 8.56. The van der Waals surface area contributed by atoms with Crippen molar-refractivity contribution in [2.45, 2.75) is 44.4 Å². The molecule has 2 unspecified atom stereocenters. The second-order valence-electron chi connectivity index (χ2n) is 9.41. The van der Waals surface area contributed by atoms with Gasteiger partial charge in [0.1, 0.15) is 16.3 Å². The van der Waals surface area contributed by atoms with E-state index in [2.05, 4.69) is 20.3 Å². The topological polar surface area (TPSA) is 108 Å². The van der Waals surface area contributed by atoms with Gasteiger partial charge in [-0.1, -0.05) is 6.07 Å². The minimum atomic E-state index is -4.57. The summed E-state index contributed by atoms with van der Waals surface area (Å²) < 4.78 is 38.9. The number of fused-ring (bicyclic) bond motifs is 2. The maximum Gasteiger partial charge on any atom is 0.433 e. The van der Waals surface area contributed by atoms with Gasteiger partial charge in [-0.25, -0.2) is 15.0 Å². The number of carboxylic acid groups (broad SMARTS) is 1. The molecule has 2 aliphatic carbocycles. The zero-order valence-electron chi connectivity index (χ0n) is 18.7. The summed E-state index contributed by atoms with van der Waals surface area (Å²) in [4.78, 5) is 24.4. The van der Waals surface area contributed by atoms with Crippen LogP contribution in [0.25, 0.3) is 10.4 Å². The van der Waals surface area contributed by atoms with Gasteiger partial charge in [0.15, 0.2) is 0 Å². The Morgan fingerprint density at radius 2 is 1.89 bits per heavy atom. The van der Waals surface area contributed by atoms with E-state index in [1.807, 2.05) is 13.0 Å². The fourth-order valence-corrected chi connectivity index (χ4v) is 6.50. The largest absolute Gasteiger partial charge is 0.481 e. The third kappa shape index (κ3) is 4.62. The van der Waals surface area contributed by atoms with E-state index >= 15 is 0 Å². The smallest absolute Gasteiger partial charge is 0.433 e. The lowest BCUT2D eigenvalue weighted by Gasteiger charge is -2.38. The van der Waals surface area contributed by atoms with Crippen molar-refractivity contribution in [1.29, 1.82) is 0 Å². The number of alkyl halides is 3. The van der Waals surface area contributed by atoms with E-state index in [1.165, 1.54) is 11.3 Å². The minimum absolute atomic E-state index is 0.0640. The SMILES string of the molecule is Cc1cc(Nc2nccc(C(F)(F)F)n2)cc(-c2cnc(C3(O)CC4CCC(C3)C4C(=O)O)s2)c1. The monoisotopic (exact) mass is 504 g/mol. The first-order chi connectivity index (χ1) is 16.5. The van der Waals surface area contributed by atoms with E-state index in [-0.39, 0.29) is 17.8 Å². The quantitative estimate of drug-likeness (QED) is 0.428. The van der Waals surface area contributed by atoms with E-state index < -0.39 is 29.4 Å². The average molecular weight is 505 g/mol. The Hall–Kier alpha value is -3.05. The van der Waals surface area contributed by atoms with Crippen LogP contribution in [0.15, 0.2) is 36.7 Å². The summed E-state index contributed by atoms with van der Waals surface area (Å²) in [5, 5.41) is 24.4. The van der Waals surface area contributed by atoms with Gasteiger partial charge in [-0.05, 0) is 73.8 Å². The molecule has 2 bridgehead atoms. The number of hydrogen-bond donors (Lipinski definition) is 3. The number of nitrogens with zero attached hydrogens (tertiary/aromatic N) is 3. The van der Waals surface area contributed by atoms with Crippen LogP contribution in [0, 0.1) is 24.7 Å². The van der Waals surface area contributed by atoms with Crippen molar-refractivity contribution in [3.05, 3.63) is 52.9 Å². The number of aliphatic carboxylic acids is 1. The molecule has 184 valence electrons. The molecule has 7 nitrogen and oxygen atoms in total. The van der Waals surface area contributed by atoms with Crippen LogP contribution in [-0.4, -0.2) is 31.1 Å². The van der Waals surface area contributed by atoms with E-state index in [9.17, 15) is 28.2 Å². The first-order valence-electron chi connectivity index (χ1n) is 11.2. The number of nitrogens with one attached hydrogen (secondary N) is 1. The number of aryl methyl sites for hydroxylation is 1. The van der Waals surface area contributed by atoms with Crippen molar-refractivity contribution in [3.63, 3.8) is 0 Å². The van der Waals surface area contributed by atoms with Crippen LogP contribution in [-0.2, 0) is 16.6 Å². The lowest BCUT2D eigenvalue weighted by atomic mass is 9.71. The zero-order valence-corrected chi connectivity index (χ0v) is 19.5. The molecule has 0 radical (unpaired) electrons. The highest BCUT2D eigenvalue weighted by Gasteiger charge is 2.53. The second-order valence-corrected chi connectivity index (χ2v) is 10.4. The molecule has 2 fully saturated rings. The average Bonchev–Trinajstić information content (AvgIpc) is 3.38. The minimum Gasteiger partial charge on any atom is -0.481 e. The summed E-state index contributed by atoms with van der Waals surface area (Å²) in [6.07, 6.45) is 0.500. The molecule has 0 amide bonds. The zero-order chi connectivity index (χ0) is 25.0. The first kappa shape index (κ1) is 23.7. The molecule has 1 aromatic carbocycles.